The minimum Gasteiger partial charge on any atom is -0.471 e. The summed E-state index contributed by atoms with van der Waals surface area (Å²) in [7, 11) is 0. The molecule has 0 saturated carbocycles. The van der Waals surface area contributed by atoms with Gasteiger partial charge in [-0.2, -0.15) is 35.1 Å². The van der Waals surface area contributed by atoms with Crippen molar-refractivity contribution in [2.45, 2.75) is 0 Å². The van der Waals surface area contributed by atoms with Crippen LogP contribution in [0.25, 0.3) is 11.5 Å². The summed E-state index contributed by atoms with van der Waals surface area (Å²) in [5.74, 6) is 1.54. The van der Waals surface area contributed by atoms with Crippen molar-refractivity contribution in [2.75, 3.05) is 4.90 Å². The van der Waals surface area contributed by atoms with Crippen LogP contribution in [0.1, 0.15) is 0 Å². The Morgan fingerprint density at radius 3 is 2.43 bits per heavy atom. The van der Waals surface area contributed by atoms with Crippen molar-refractivity contribution in [3.63, 3.8) is 0 Å². The quantitative estimate of drug-likeness (QED) is 0.275. The predicted octanol–water partition coefficient (Wildman–Crippen LogP) is 5.13. The summed E-state index contributed by atoms with van der Waals surface area (Å²) >= 11 is 0. The van der Waals surface area contributed by atoms with Crippen LogP contribution >= 0.6 is 0 Å². The summed E-state index contributed by atoms with van der Waals surface area (Å²) in [5, 5.41) is 4.30. The van der Waals surface area contributed by atoms with Crippen molar-refractivity contribution in [3.8, 4) is 11.5 Å². The minimum atomic E-state index is 0. The van der Waals surface area contributed by atoms with Crippen LogP contribution in [0.4, 0.5) is 17.2 Å². The number of rotatable bonds is 5. The predicted molar refractivity (Wildman–Crippen MR) is 113 cm³/mol. The molecule has 0 fully saturated rings. The Hall–Kier alpha value is -3.43. The molecule has 5 aromatic rings. The Bertz CT molecular complexity index is 1120. The summed E-state index contributed by atoms with van der Waals surface area (Å²) in [6, 6.07) is 31.3. The van der Waals surface area contributed by atoms with E-state index >= 15 is 0 Å². The number of hydrogen-bond donors (Lipinski definition) is 0. The second kappa shape index (κ2) is 8.93. The average Bonchev–Trinajstić information content (AvgIpc) is 3.50. The molecule has 0 bridgehead atoms. The van der Waals surface area contributed by atoms with Gasteiger partial charge in [0.1, 0.15) is 5.82 Å². The molecule has 0 aliphatic rings. The molecule has 0 radical (unpaired) electrons. The molecule has 0 N–H and O–H groups in total. The fourth-order valence-electron chi connectivity index (χ4n) is 3.20. The molecule has 2 aromatic carbocycles. The second-order valence-corrected chi connectivity index (χ2v) is 6.40. The van der Waals surface area contributed by atoms with E-state index in [1.807, 2.05) is 89.8 Å². The molecule has 0 aliphatic carbocycles. The summed E-state index contributed by atoms with van der Waals surface area (Å²) in [6.07, 6.45) is 8.75. The van der Waals surface area contributed by atoms with Crippen LogP contribution in [0.3, 0.4) is 0 Å². The third-order valence-corrected chi connectivity index (χ3v) is 4.51. The Labute approximate surface area is 189 Å². The molecule has 0 spiro atoms. The summed E-state index contributed by atoms with van der Waals surface area (Å²) in [5.41, 5.74) is 2.81. The maximum absolute atomic E-state index is 4.85. The van der Waals surface area contributed by atoms with Gasteiger partial charge in [-0.3, -0.25) is 0 Å². The van der Waals surface area contributed by atoms with Gasteiger partial charge in [-0.05, 0) is 30.3 Å². The van der Waals surface area contributed by atoms with Crippen LogP contribution in [-0.4, -0.2) is 19.3 Å². The molecular weight excluding hydrogens is 553 g/mol. The third kappa shape index (κ3) is 3.98. The fraction of sp³-hybridized carbons (Fsp3) is 0. The SMILES string of the molecule is [Pt+2].[c-]1c(N(c2ccccc2)c2cccc(-n3cccn3)n2)cccc1-n1[c-]ccc1. The largest absolute Gasteiger partial charge is 2.00 e. The zero-order valence-electron chi connectivity index (χ0n) is 15.9. The topological polar surface area (TPSA) is 38.9 Å². The zero-order chi connectivity index (χ0) is 19.5. The normalized spacial score (nSPS) is 10.4. The van der Waals surface area contributed by atoms with Gasteiger partial charge in [0, 0.05) is 18.1 Å². The maximum Gasteiger partial charge on any atom is 2.00 e. The van der Waals surface area contributed by atoms with Crippen molar-refractivity contribution >= 4 is 17.2 Å². The molecule has 30 heavy (non-hydrogen) atoms. The van der Waals surface area contributed by atoms with Crippen LogP contribution in [0.5, 0.6) is 0 Å². The number of para-hydroxylation sites is 1. The first-order chi connectivity index (χ1) is 14.4. The van der Waals surface area contributed by atoms with Crippen LogP contribution in [0, 0.1) is 12.3 Å². The second-order valence-electron chi connectivity index (χ2n) is 6.40. The van der Waals surface area contributed by atoms with E-state index in [1.165, 1.54) is 0 Å². The van der Waals surface area contributed by atoms with Gasteiger partial charge in [0.05, 0.1) is 0 Å². The van der Waals surface area contributed by atoms with E-state index in [2.05, 4.69) is 34.4 Å². The van der Waals surface area contributed by atoms with Gasteiger partial charge in [0.25, 0.3) is 0 Å². The van der Waals surface area contributed by atoms with Crippen LogP contribution < -0.4 is 4.90 Å². The molecule has 0 saturated heterocycles. The van der Waals surface area contributed by atoms with Crippen molar-refractivity contribution in [1.29, 1.82) is 0 Å². The first kappa shape index (κ1) is 19.9. The number of anilines is 3. The van der Waals surface area contributed by atoms with Gasteiger partial charge in [-0.25, -0.2) is 9.67 Å². The Balaban J connectivity index is 0.00000218. The first-order valence-electron chi connectivity index (χ1n) is 9.28. The van der Waals surface area contributed by atoms with Crippen LogP contribution in [0.15, 0.2) is 104 Å². The summed E-state index contributed by atoms with van der Waals surface area (Å²) < 4.78 is 3.67. The number of benzene rings is 2. The molecule has 5 nitrogen and oxygen atoms in total. The number of aromatic nitrogens is 4. The molecule has 3 aromatic heterocycles. The summed E-state index contributed by atoms with van der Waals surface area (Å²) in [4.78, 5) is 6.94. The fourth-order valence-corrected chi connectivity index (χ4v) is 3.20. The molecule has 0 atom stereocenters. The molecule has 6 heteroatoms. The number of pyridine rings is 1. The van der Waals surface area contributed by atoms with Gasteiger partial charge in [-0.1, -0.05) is 36.1 Å². The smallest absolute Gasteiger partial charge is 0.471 e. The van der Waals surface area contributed by atoms with Gasteiger partial charge in [0.2, 0.25) is 0 Å². The van der Waals surface area contributed by atoms with Gasteiger partial charge >= 0.3 is 21.1 Å². The van der Waals surface area contributed by atoms with Crippen molar-refractivity contribution in [2.24, 2.45) is 0 Å². The Morgan fingerprint density at radius 2 is 1.67 bits per heavy atom. The van der Waals surface area contributed by atoms with Gasteiger partial charge < -0.3 is 9.47 Å². The van der Waals surface area contributed by atoms with Gasteiger partial charge in [0.15, 0.2) is 5.82 Å². The van der Waals surface area contributed by atoms with Crippen molar-refractivity contribution in [3.05, 3.63) is 116 Å². The van der Waals surface area contributed by atoms with Crippen molar-refractivity contribution < 1.29 is 21.1 Å². The molecule has 0 amide bonds. The zero-order valence-corrected chi connectivity index (χ0v) is 18.1. The van der Waals surface area contributed by atoms with E-state index in [4.69, 9.17) is 4.98 Å². The Morgan fingerprint density at radius 1 is 0.800 bits per heavy atom. The maximum atomic E-state index is 4.85. The molecule has 0 aliphatic heterocycles. The Kier molecular flexibility index (Phi) is 5.91. The standard InChI is InChI=1S/C24H17N5.Pt/c1-2-9-20(10-3-1)29(22-12-6-11-21(19-22)27-16-4-5-17-27)24-14-7-13-23(26-24)28-18-8-15-25-28;/h1-16,18H;/q-2;+2. The van der Waals surface area contributed by atoms with Crippen molar-refractivity contribution in [1.82, 2.24) is 19.3 Å². The minimum absolute atomic E-state index is 0. The van der Waals surface area contributed by atoms with E-state index in [9.17, 15) is 0 Å². The molecule has 0 unspecified atom stereocenters. The molecular formula is C24H17N5Pt. The average molecular weight is 571 g/mol. The first-order valence-corrected chi connectivity index (χ1v) is 9.28. The van der Waals surface area contributed by atoms with E-state index in [-0.39, 0.29) is 21.1 Å². The molecule has 148 valence electrons. The molecule has 3 heterocycles. The van der Waals surface area contributed by atoms with E-state index < -0.39 is 0 Å². The van der Waals surface area contributed by atoms with Gasteiger partial charge in [-0.15, -0.1) is 18.3 Å². The van der Waals surface area contributed by atoms with E-state index in [0.29, 0.717) is 0 Å². The van der Waals surface area contributed by atoms with E-state index in [0.717, 1.165) is 28.7 Å². The number of hydrogen-bond acceptors (Lipinski definition) is 3. The monoisotopic (exact) mass is 570 g/mol. The summed E-state index contributed by atoms with van der Waals surface area (Å²) in [6.45, 7) is 0. The van der Waals surface area contributed by atoms with Crippen LogP contribution in [-0.2, 0) is 21.1 Å². The van der Waals surface area contributed by atoms with Crippen LogP contribution in [0.2, 0.25) is 0 Å². The third-order valence-electron chi connectivity index (χ3n) is 4.51. The molecule has 5 rings (SSSR count). The number of nitrogens with zero attached hydrogens (tertiary/aromatic N) is 5. The van der Waals surface area contributed by atoms with E-state index in [1.54, 1.807) is 10.9 Å².